The van der Waals surface area contributed by atoms with Gasteiger partial charge in [-0.1, -0.05) is 23.7 Å². The third-order valence-corrected chi connectivity index (χ3v) is 3.62. The molecule has 1 aliphatic heterocycles. The molecule has 0 radical (unpaired) electrons. The van der Waals surface area contributed by atoms with Crippen molar-refractivity contribution in [3.8, 4) is 11.5 Å². The minimum absolute atomic E-state index is 0.247. The first kappa shape index (κ1) is 13.9. The lowest BCUT2D eigenvalue weighted by Crippen LogP contribution is -2.16. The van der Waals surface area contributed by atoms with Gasteiger partial charge in [-0.15, -0.1) is 0 Å². The van der Waals surface area contributed by atoms with Crippen LogP contribution < -0.4 is 9.47 Å². The second-order valence-electron chi connectivity index (χ2n) is 4.77. The normalized spacial score (nSPS) is 13.1. The van der Waals surface area contributed by atoms with Gasteiger partial charge >= 0.3 is 0 Å². The zero-order valence-corrected chi connectivity index (χ0v) is 12.0. The van der Waals surface area contributed by atoms with Gasteiger partial charge in [-0.25, -0.2) is 4.39 Å². The standard InChI is InChI=1S/C16H12ClFO3/c1-9-2-3-10(6-13(9)18)16(19)11-7-14-15(8-12(11)17)21-5-4-20-14/h2-3,6-8H,4-5H2,1H3. The molecule has 0 saturated heterocycles. The fourth-order valence-corrected chi connectivity index (χ4v) is 2.37. The molecule has 3 rings (SSSR count). The molecule has 0 aliphatic carbocycles. The van der Waals surface area contributed by atoms with Crippen molar-refractivity contribution in [2.24, 2.45) is 0 Å². The molecular formula is C16H12ClFO3. The van der Waals surface area contributed by atoms with Crippen LogP contribution in [0.5, 0.6) is 11.5 Å². The Bertz CT molecular complexity index is 728. The highest BCUT2D eigenvalue weighted by Crippen LogP contribution is 2.36. The van der Waals surface area contributed by atoms with Gasteiger partial charge in [0.15, 0.2) is 17.3 Å². The van der Waals surface area contributed by atoms with Crippen LogP contribution in [0.4, 0.5) is 4.39 Å². The second kappa shape index (κ2) is 5.37. The zero-order valence-electron chi connectivity index (χ0n) is 11.3. The lowest BCUT2D eigenvalue weighted by molar-refractivity contribution is 0.103. The maximum Gasteiger partial charge on any atom is 0.194 e. The van der Waals surface area contributed by atoms with E-state index in [1.807, 2.05) is 0 Å². The van der Waals surface area contributed by atoms with Crippen LogP contribution >= 0.6 is 11.6 Å². The molecule has 0 atom stereocenters. The van der Waals surface area contributed by atoms with Crippen molar-refractivity contribution in [2.45, 2.75) is 6.92 Å². The third-order valence-electron chi connectivity index (χ3n) is 3.31. The molecule has 0 bridgehead atoms. The molecule has 108 valence electrons. The lowest BCUT2D eigenvalue weighted by atomic mass is 10.0. The van der Waals surface area contributed by atoms with E-state index in [2.05, 4.69) is 0 Å². The number of carbonyl (C=O) groups excluding carboxylic acids is 1. The first-order valence-corrected chi connectivity index (χ1v) is 6.84. The molecule has 5 heteroatoms. The molecule has 0 fully saturated rings. The Kier molecular flexibility index (Phi) is 3.55. The van der Waals surface area contributed by atoms with Gasteiger partial charge in [0.1, 0.15) is 19.0 Å². The van der Waals surface area contributed by atoms with Crippen molar-refractivity contribution in [1.29, 1.82) is 0 Å². The Morgan fingerprint density at radius 3 is 2.48 bits per heavy atom. The molecule has 0 N–H and O–H groups in total. The van der Waals surface area contributed by atoms with Gasteiger partial charge in [0.25, 0.3) is 0 Å². The van der Waals surface area contributed by atoms with Crippen molar-refractivity contribution < 1.29 is 18.7 Å². The number of rotatable bonds is 2. The van der Waals surface area contributed by atoms with Gasteiger partial charge in [0.2, 0.25) is 0 Å². The van der Waals surface area contributed by atoms with E-state index < -0.39 is 5.82 Å². The predicted molar refractivity (Wildman–Crippen MR) is 77.0 cm³/mol. The maximum absolute atomic E-state index is 13.6. The molecule has 0 unspecified atom stereocenters. The van der Waals surface area contributed by atoms with Crippen molar-refractivity contribution >= 4 is 17.4 Å². The highest BCUT2D eigenvalue weighted by Gasteiger charge is 2.20. The van der Waals surface area contributed by atoms with Crippen LogP contribution in [0.15, 0.2) is 30.3 Å². The summed E-state index contributed by atoms with van der Waals surface area (Å²) in [5.74, 6) is 0.213. The summed E-state index contributed by atoms with van der Waals surface area (Å²) in [5, 5.41) is 0.255. The molecule has 2 aromatic carbocycles. The summed E-state index contributed by atoms with van der Waals surface area (Å²) in [6, 6.07) is 7.44. The Labute approximate surface area is 126 Å². The lowest BCUT2D eigenvalue weighted by Gasteiger charge is -2.19. The number of hydrogen-bond acceptors (Lipinski definition) is 3. The van der Waals surface area contributed by atoms with E-state index in [4.69, 9.17) is 21.1 Å². The largest absolute Gasteiger partial charge is 0.486 e. The summed E-state index contributed by atoms with van der Waals surface area (Å²) in [4.78, 5) is 12.5. The molecule has 2 aromatic rings. The predicted octanol–water partition coefficient (Wildman–Crippen LogP) is 3.79. The van der Waals surface area contributed by atoms with Gasteiger partial charge in [0, 0.05) is 17.2 Å². The average Bonchev–Trinajstić information content (AvgIpc) is 2.48. The third kappa shape index (κ3) is 2.59. The Hall–Kier alpha value is -2.07. The highest BCUT2D eigenvalue weighted by atomic mass is 35.5. The van der Waals surface area contributed by atoms with E-state index in [1.54, 1.807) is 25.1 Å². The SMILES string of the molecule is Cc1ccc(C(=O)c2cc3c(cc2Cl)OCCO3)cc1F. The van der Waals surface area contributed by atoms with Gasteiger partial charge in [-0.3, -0.25) is 4.79 Å². The van der Waals surface area contributed by atoms with E-state index in [0.29, 0.717) is 30.3 Å². The number of halogens is 2. The fourth-order valence-electron chi connectivity index (χ4n) is 2.13. The van der Waals surface area contributed by atoms with Crippen LogP contribution in [-0.4, -0.2) is 19.0 Å². The average molecular weight is 307 g/mol. The molecule has 1 aliphatic rings. The van der Waals surface area contributed by atoms with Crippen LogP contribution in [0.1, 0.15) is 21.5 Å². The zero-order chi connectivity index (χ0) is 15.0. The maximum atomic E-state index is 13.6. The molecule has 0 spiro atoms. The molecule has 0 saturated carbocycles. The number of hydrogen-bond donors (Lipinski definition) is 0. The molecule has 21 heavy (non-hydrogen) atoms. The van der Waals surface area contributed by atoms with Crippen LogP contribution in [0.2, 0.25) is 5.02 Å². The number of carbonyl (C=O) groups is 1. The Morgan fingerprint density at radius 1 is 1.14 bits per heavy atom. The fraction of sp³-hybridized carbons (Fsp3) is 0.188. The van der Waals surface area contributed by atoms with Crippen LogP contribution in [0, 0.1) is 12.7 Å². The first-order valence-electron chi connectivity index (χ1n) is 6.46. The Balaban J connectivity index is 2.03. The second-order valence-corrected chi connectivity index (χ2v) is 5.18. The van der Waals surface area contributed by atoms with Crippen LogP contribution in [-0.2, 0) is 0 Å². The van der Waals surface area contributed by atoms with Crippen molar-refractivity contribution in [3.63, 3.8) is 0 Å². The minimum Gasteiger partial charge on any atom is -0.486 e. The van der Waals surface area contributed by atoms with Crippen molar-refractivity contribution in [1.82, 2.24) is 0 Å². The van der Waals surface area contributed by atoms with Crippen molar-refractivity contribution in [3.05, 3.63) is 57.9 Å². The number of benzene rings is 2. The smallest absolute Gasteiger partial charge is 0.194 e. The molecular weight excluding hydrogens is 295 g/mol. The molecule has 3 nitrogen and oxygen atoms in total. The number of fused-ring (bicyclic) bond motifs is 1. The summed E-state index contributed by atoms with van der Waals surface area (Å²) in [7, 11) is 0. The number of aryl methyl sites for hydroxylation is 1. The summed E-state index contributed by atoms with van der Waals surface area (Å²) >= 11 is 6.13. The summed E-state index contributed by atoms with van der Waals surface area (Å²) in [6.45, 7) is 2.50. The first-order chi connectivity index (χ1) is 10.1. The minimum atomic E-state index is -0.422. The highest BCUT2D eigenvalue weighted by molar-refractivity contribution is 6.35. The van der Waals surface area contributed by atoms with E-state index in [9.17, 15) is 9.18 Å². The van der Waals surface area contributed by atoms with Crippen LogP contribution in [0.25, 0.3) is 0 Å². The quantitative estimate of drug-likeness (QED) is 0.792. The monoisotopic (exact) mass is 306 g/mol. The molecule has 1 heterocycles. The van der Waals surface area contributed by atoms with E-state index in [1.165, 1.54) is 12.1 Å². The summed E-state index contributed by atoms with van der Waals surface area (Å²) < 4.78 is 24.4. The van der Waals surface area contributed by atoms with Gasteiger partial charge in [-0.05, 0) is 24.6 Å². The van der Waals surface area contributed by atoms with Gasteiger partial charge in [0.05, 0.1) is 5.02 Å². The van der Waals surface area contributed by atoms with E-state index >= 15 is 0 Å². The number of ether oxygens (including phenoxy) is 2. The van der Waals surface area contributed by atoms with E-state index in [-0.39, 0.29) is 21.9 Å². The van der Waals surface area contributed by atoms with Gasteiger partial charge < -0.3 is 9.47 Å². The summed E-state index contributed by atoms with van der Waals surface area (Å²) in [6.07, 6.45) is 0. The Morgan fingerprint density at radius 2 is 1.81 bits per heavy atom. The van der Waals surface area contributed by atoms with Gasteiger partial charge in [-0.2, -0.15) is 0 Å². The topological polar surface area (TPSA) is 35.5 Å². The van der Waals surface area contributed by atoms with Crippen LogP contribution in [0.3, 0.4) is 0 Å². The summed E-state index contributed by atoms with van der Waals surface area (Å²) in [5.41, 5.74) is 1.00. The van der Waals surface area contributed by atoms with Crippen molar-refractivity contribution in [2.75, 3.05) is 13.2 Å². The number of ketones is 1. The van der Waals surface area contributed by atoms with E-state index in [0.717, 1.165) is 0 Å². The molecule has 0 amide bonds. The molecule has 0 aromatic heterocycles.